The molecule has 1 amide bonds. The Morgan fingerprint density at radius 3 is 2.70 bits per heavy atom. The maximum atomic E-state index is 12.5. The fourth-order valence-electron chi connectivity index (χ4n) is 2.56. The van der Waals surface area contributed by atoms with E-state index in [0.29, 0.717) is 12.1 Å². The number of carbonyl (C=O) groups excluding carboxylic acids is 1. The molecule has 0 aliphatic carbocycles. The second-order valence-electron chi connectivity index (χ2n) is 5.39. The minimum atomic E-state index is -0.133. The standard InChI is InChI=1S/C18H19N3O2/c1-21(11-12-22)14-7-5-13(6-8-14)20-18(23)16-3-2-4-17-15(16)9-10-19-17/h2-10,19,22H,11-12H2,1H3,(H,20,23). The van der Waals surface area contributed by atoms with Gasteiger partial charge in [0, 0.05) is 47.6 Å². The van der Waals surface area contributed by atoms with Crippen molar-refractivity contribution in [1.29, 1.82) is 0 Å². The first-order valence-corrected chi connectivity index (χ1v) is 7.48. The number of benzene rings is 2. The Balaban J connectivity index is 1.76. The average Bonchev–Trinajstić information content (AvgIpc) is 3.04. The van der Waals surface area contributed by atoms with E-state index < -0.39 is 0 Å². The van der Waals surface area contributed by atoms with Gasteiger partial charge in [0.2, 0.25) is 0 Å². The van der Waals surface area contributed by atoms with E-state index in [1.807, 2.05) is 66.7 Å². The average molecular weight is 309 g/mol. The van der Waals surface area contributed by atoms with E-state index in [-0.39, 0.29) is 12.5 Å². The molecule has 5 heteroatoms. The smallest absolute Gasteiger partial charge is 0.256 e. The summed E-state index contributed by atoms with van der Waals surface area (Å²) in [6.45, 7) is 0.677. The number of hydrogen-bond donors (Lipinski definition) is 3. The number of anilines is 2. The zero-order valence-electron chi connectivity index (χ0n) is 12.9. The predicted molar refractivity (Wildman–Crippen MR) is 93.0 cm³/mol. The molecule has 5 nitrogen and oxygen atoms in total. The van der Waals surface area contributed by atoms with Gasteiger partial charge in [0.05, 0.1) is 6.61 Å². The first-order valence-electron chi connectivity index (χ1n) is 7.48. The highest BCUT2D eigenvalue weighted by Crippen LogP contribution is 2.20. The zero-order valence-corrected chi connectivity index (χ0v) is 12.9. The molecule has 3 aromatic rings. The largest absolute Gasteiger partial charge is 0.395 e. The monoisotopic (exact) mass is 309 g/mol. The van der Waals surface area contributed by atoms with E-state index in [9.17, 15) is 4.79 Å². The molecule has 0 bridgehead atoms. The van der Waals surface area contributed by atoms with Crippen molar-refractivity contribution in [3.63, 3.8) is 0 Å². The van der Waals surface area contributed by atoms with E-state index in [1.165, 1.54) is 0 Å². The van der Waals surface area contributed by atoms with Gasteiger partial charge in [0.25, 0.3) is 5.91 Å². The lowest BCUT2D eigenvalue weighted by Gasteiger charge is -2.18. The first kappa shape index (κ1) is 15.1. The maximum absolute atomic E-state index is 12.5. The van der Waals surface area contributed by atoms with Crippen LogP contribution in [0, 0.1) is 0 Å². The third-order valence-corrected chi connectivity index (χ3v) is 3.84. The van der Waals surface area contributed by atoms with Crippen molar-refractivity contribution in [1.82, 2.24) is 4.98 Å². The number of nitrogens with zero attached hydrogens (tertiary/aromatic N) is 1. The second-order valence-corrected chi connectivity index (χ2v) is 5.39. The summed E-state index contributed by atoms with van der Waals surface area (Å²) in [6, 6.07) is 15.1. The van der Waals surface area contributed by atoms with Gasteiger partial charge in [0.15, 0.2) is 0 Å². The van der Waals surface area contributed by atoms with E-state index >= 15 is 0 Å². The van der Waals surface area contributed by atoms with Crippen LogP contribution in [0.15, 0.2) is 54.7 Å². The van der Waals surface area contributed by atoms with Crippen molar-refractivity contribution in [2.75, 3.05) is 30.4 Å². The van der Waals surface area contributed by atoms with E-state index in [1.54, 1.807) is 0 Å². The van der Waals surface area contributed by atoms with E-state index in [4.69, 9.17) is 5.11 Å². The summed E-state index contributed by atoms with van der Waals surface area (Å²) in [4.78, 5) is 17.5. The number of aliphatic hydroxyl groups excluding tert-OH is 1. The Morgan fingerprint density at radius 1 is 1.17 bits per heavy atom. The molecule has 0 aliphatic heterocycles. The fraction of sp³-hybridized carbons (Fsp3) is 0.167. The van der Waals surface area contributed by atoms with Crippen LogP contribution in [-0.4, -0.2) is 36.2 Å². The number of carbonyl (C=O) groups is 1. The predicted octanol–water partition coefficient (Wildman–Crippen LogP) is 2.85. The molecule has 3 rings (SSSR count). The number of aliphatic hydroxyl groups is 1. The summed E-state index contributed by atoms with van der Waals surface area (Å²) < 4.78 is 0. The van der Waals surface area contributed by atoms with Crippen LogP contribution in [-0.2, 0) is 0 Å². The normalized spacial score (nSPS) is 10.7. The molecule has 0 spiro atoms. The Labute approximate surface area is 134 Å². The number of likely N-dealkylation sites (N-methyl/N-ethyl adjacent to an activating group) is 1. The van der Waals surface area contributed by atoms with Gasteiger partial charge in [-0.1, -0.05) is 6.07 Å². The lowest BCUT2D eigenvalue weighted by Crippen LogP contribution is -2.21. The molecular weight excluding hydrogens is 290 g/mol. The molecule has 0 saturated heterocycles. The van der Waals surface area contributed by atoms with Gasteiger partial charge in [-0.2, -0.15) is 0 Å². The van der Waals surface area contributed by atoms with Gasteiger partial charge in [-0.05, 0) is 42.5 Å². The van der Waals surface area contributed by atoms with Gasteiger partial charge in [-0.25, -0.2) is 0 Å². The van der Waals surface area contributed by atoms with Crippen molar-refractivity contribution < 1.29 is 9.90 Å². The molecule has 0 aliphatic rings. The molecule has 23 heavy (non-hydrogen) atoms. The molecule has 0 saturated carbocycles. The highest BCUT2D eigenvalue weighted by molar-refractivity contribution is 6.12. The third kappa shape index (κ3) is 3.19. The van der Waals surface area contributed by atoms with Crippen LogP contribution in [0.3, 0.4) is 0 Å². The Bertz CT molecular complexity index is 809. The van der Waals surface area contributed by atoms with Crippen LogP contribution in [0.25, 0.3) is 10.9 Å². The van der Waals surface area contributed by atoms with Gasteiger partial charge in [0.1, 0.15) is 0 Å². The Kier molecular flexibility index (Phi) is 4.30. The number of nitrogens with one attached hydrogen (secondary N) is 2. The topological polar surface area (TPSA) is 68.4 Å². The number of H-pyrrole nitrogens is 1. The Morgan fingerprint density at radius 2 is 1.96 bits per heavy atom. The molecule has 1 heterocycles. The van der Waals surface area contributed by atoms with Gasteiger partial charge in [-0.3, -0.25) is 4.79 Å². The van der Waals surface area contributed by atoms with E-state index in [2.05, 4.69) is 10.3 Å². The van der Waals surface area contributed by atoms with Crippen LogP contribution in [0.4, 0.5) is 11.4 Å². The van der Waals surface area contributed by atoms with Crippen LogP contribution in [0.1, 0.15) is 10.4 Å². The molecular formula is C18H19N3O2. The molecule has 0 radical (unpaired) electrons. The summed E-state index contributed by atoms with van der Waals surface area (Å²) >= 11 is 0. The van der Waals surface area contributed by atoms with Crippen LogP contribution < -0.4 is 10.2 Å². The molecule has 3 N–H and O–H groups in total. The minimum absolute atomic E-state index is 0.107. The molecule has 1 aromatic heterocycles. The molecule has 118 valence electrons. The van der Waals surface area contributed by atoms with Gasteiger partial charge in [-0.15, -0.1) is 0 Å². The fourth-order valence-corrected chi connectivity index (χ4v) is 2.56. The molecule has 0 fully saturated rings. The maximum Gasteiger partial charge on any atom is 0.256 e. The number of amides is 1. The lowest BCUT2D eigenvalue weighted by atomic mass is 10.1. The van der Waals surface area contributed by atoms with Crippen molar-refractivity contribution in [3.05, 3.63) is 60.3 Å². The zero-order chi connectivity index (χ0) is 16.2. The van der Waals surface area contributed by atoms with E-state index in [0.717, 1.165) is 22.3 Å². The summed E-state index contributed by atoms with van der Waals surface area (Å²) in [7, 11) is 1.91. The van der Waals surface area contributed by atoms with Crippen molar-refractivity contribution >= 4 is 28.2 Å². The van der Waals surface area contributed by atoms with Crippen LogP contribution >= 0.6 is 0 Å². The van der Waals surface area contributed by atoms with Crippen LogP contribution in [0.2, 0.25) is 0 Å². The summed E-state index contributed by atoms with van der Waals surface area (Å²) in [5.41, 5.74) is 3.32. The number of hydrogen-bond acceptors (Lipinski definition) is 3. The number of aromatic amines is 1. The van der Waals surface area contributed by atoms with Crippen molar-refractivity contribution in [2.45, 2.75) is 0 Å². The highest BCUT2D eigenvalue weighted by atomic mass is 16.3. The molecule has 0 atom stereocenters. The number of rotatable bonds is 5. The summed E-state index contributed by atoms with van der Waals surface area (Å²) in [5, 5.41) is 12.8. The SMILES string of the molecule is CN(CCO)c1ccc(NC(=O)c2cccc3[nH]ccc23)cc1. The number of aromatic nitrogens is 1. The summed E-state index contributed by atoms with van der Waals surface area (Å²) in [6.07, 6.45) is 1.83. The Hall–Kier alpha value is -2.79. The third-order valence-electron chi connectivity index (χ3n) is 3.84. The molecule has 0 unspecified atom stereocenters. The summed E-state index contributed by atoms with van der Waals surface area (Å²) in [5.74, 6) is -0.133. The van der Waals surface area contributed by atoms with Crippen LogP contribution in [0.5, 0.6) is 0 Å². The number of fused-ring (bicyclic) bond motifs is 1. The highest BCUT2D eigenvalue weighted by Gasteiger charge is 2.10. The lowest BCUT2D eigenvalue weighted by molar-refractivity contribution is 0.102. The first-order chi connectivity index (χ1) is 11.2. The second kappa shape index (κ2) is 6.54. The van der Waals surface area contributed by atoms with Gasteiger partial charge < -0.3 is 20.3 Å². The van der Waals surface area contributed by atoms with Crippen molar-refractivity contribution in [3.8, 4) is 0 Å². The molecule has 2 aromatic carbocycles. The minimum Gasteiger partial charge on any atom is -0.395 e. The quantitative estimate of drug-likeness (QED) is 0.679. The van der Waals surface area contributed by atoms with Gasteiger partial charge >= 0.3 is 0 Å². The van der Waals surface area contributed by atoms with Crippen molar-refractivity contribution in [2.24, 2.45) is 0 Å².